The Morgan fingerprint density at radius 2 is 2.00 bits per heavy atom. The Bertz CT molecular complexity index is 330. The van der Waals surface area contributed by atoms with Crippen LogP contribution in [0.5, 0.6) is 11.5 Å². The van der Waals surface area contributed by atoms with E-state index in [-0.39, 0.29) is 23.3 Å². The highest BCUT2D eigenvalue weighted by Gasteiger charge is 2.09. The molecular weight excluding hydrogens is 160 g/mol. The average Bonchev–Trinajstić information content (AvgIpc) is 2.08. The fourth-order valence-corrected chi connectivity index (χ4v) is 0.785. The van der Waals surface area contributed by atoms with Crippen LogP contribution in [-0.2, 0) is 4.79 Å². The lowest BCUT2D eigenvalue weighted by molar-refractivity contribution is -0.104. The number of Topliss-reactive ketones (excluding diaryl/α,β-unsaturated/α-hetero) is 1. The minimum Gasteiger partial charge on any atom is -0.508 e. The summed E-state index contributed by atoms with van der Waals surface area (Å²) in [4.78, 5) is 20.8. The van der Waals surface area contributed by atoms with Gasteiger partial charge in [-0.25, -0.2) is 0 Å². The monoisotopic (exact) mass is 166 g/mol. The zero-order valence-corrected chi connectivity index (χ0v) is 6.02. The molecule has 0 spiro atoms. The maximum atomic E-state index is 10.7. The molecule has 0 amide bonds. The van der Waals surface area contributed by atoms with Gasteiger partial charge in [-0.15, -0.1) is 0 Å². The van der Waals surface area contributed by atoms with Crippen LogP contribution >= 0.6 is 0 Å². The van der Waals surface area contributed by atoms with E-state index in [1.54, 1.807) is 0 Å². The summed E-state index contributed by atoms with van der Waals surface area (Å²) < 4.78 is 0. The van der Waals surface area contributed by atoms with E-state index in [2.05, 4.69) is 0 Å². The van der Waals surface area contributed by atoms with Crippen molar-refractivity contribution in [1.29, 1.82) is 0 Å². The number of benzene rings is 1. The Kier molecular flexibility index (Phi) is 2.09. The number of carbonyl (C=O) groups is 2. The molecule has 0 radical (unpaired) electrons. The maximum Gasteiger partial charge on any atom is 0.229 e. The first-order valence-corrected chi connectivity index (χ1v) is 3.16. The van der Waals surface area contributed by atoms with Gasteiger partial charge in [0.2, 0.25) is 5.78 Å². The summed E-state index contributed by atoms with van der Waals surface area (Å²) in [6, 6.07) is 3.40. The van der Waals surface area contributed by atoms with Crippen molar-refractivity contribution in [1.82, 2.24) is 0 Å². The van der Waals surface area contributed by atoms with Gasteiger partial charge < -0.3 is 10.2 Å². The number of aldehydes is 1. The van der Waals surface area contributed by atoms with Gasteiger partial charge in [-0.1, -0.05) is 0 Å². The molecule has 0 saturated heterocycles. The van der Waals surface area contributed by atoms with E-state index < -0.39 is 5.78 Å². The quantitative estimate of drug-likeness (QED) is 0.290. The van der Waals surface area contributed by atoms with Gasteiger partial charge in [-0.2, -0.15) is 0 Å². The van der Waals surface area contributed by atoms with Gasteiger partial charge >= 0.3 is 0 Å². The van der Waals surface area contributed by atoms with Gasteiger partial charge in [0, 0.05) is 0 Å². The van der Waals surface area contributed by atoms with Gasteiger partial charge in [0.15, 0.2) is 6.29 Å². The van der Waals surface area contributed by atoms with E-state index in [9.17, 15) is 9.59 Å². The van der Waals surface area contributed by atoms with E-state index in [0.717, 1.165) is 12.1 Å². The number of hydrogen-bond acceptors (Lipinski definition) is 4. The molecule has 0 aliphatic heterocycles. The van der Waals surface area contributed by atoms with Crippen LogP contribution in [0.1, 0.15) is 10.4 Å². The molecule has 0 saturated carbocycles. The van der Waals surface area contributed by atoms with Crippen LogP contribution in [0.25, 0.3) is 0 Å². The SMILES string of the molecule is O=CC(=O)c1cc(O)ccc1O. The topological polar surface area (TPSA) is 74.6 Å². The Morgan fingerprint density at radius 3 is 2.58 bits per heavy atom. The van der Waals surface area contributed by atoms with Gasteiger partial charge in [-0.3, -0.25) is 9.59 Å². The Morgan fingerprint density at radius 1 is 1.33 bits per heavy atom. The lowest BCUT2D eigenvalue weighted by Crippen LogP contribution is -1.99. The second kappa shape index (κ2) is 3.04. The second-order valence-electron chi connectivity index (χ2n) is 2.18. The van der Waals surface area contributed by atoms with E-state index in [4.69, 9.17) is 10.2 Å². The summed E-state index contributed by atoms with van der Waals surface area (Å²) in [5.41, 5.74) is -0.190. The Labute approximate surface area is 68.1 Å². The van der Waals surface area contributed by atoms with Crippen molar-refractivity contribution in [3.05, 3.63) is 23.8 Å². The molecule has 0 unspecified atom stereocenters. The first kappa shape index (κ1) is 8.26. The molecule has 0 aliphatic carbocycles. The van der Waals surface area contributed by atoms with Crippen molar-refractivity contribution in [2.24, 2.45) is 0 Å². The summed E-state index contributed by atoms with van der Waals surface area (Å²) in [5.74, 6) is -1.34. The summed E-state index contributed by atoms with van der Waals surface area (Å²) in [6.45, 7) is 0. The molecule has 1 aromatic carbocycles. The molecule has 1 rings (SSSR count). The number of carbonyl (C=O) groups excluding carboxylic acids is 2. The highest BCUT2D eigenvalue weighted by Crippen LogP contribution is 2.21. The zero-order valence-electron chi connectivity index (χ0n) is 6.02. The average molecular weight is 166 g/mol. The van der Waals surface area contributed by atoms with Gasteiger partial charge in [0.25, 0.3) is 0 Å². The lowest BCUT2D eigenvalue weighted by atomic mass is 10.1. The van der Waals surface area contributed by atoms with E-state index in [0.29, 0.717) is 0 Å². The molecule has 4 heteroatoms. The zero-order chi connectivity index (χ0) is 9.14. The fraction of sp³-hybridized carbons (Fsp3) is 0. The van der Waals surface area contributed by atoms with Crippen molar-refractivity contribution in [2.75, 3.05) is 0 Å². The van der Waals surface area contributed by atoms with Crippen LogP contribution in [0.15, 0.2) is 18.2 Å². The highest BCUT2D eigenvalue weighted by molar-refractivity contribution is 6.34. The van der Waals surface area contributed by atoms with Crippen LogP contribution in [-0.4, -0.2) is 22.3 Å². The first-order chi connectivity index (χ1) is 5.65. The summed E-state index contributed by atoms with van der Waals surface area (Å²) in [7, 11) is 0. The van der Waals surface area contributed by atoms with Crippen molar-refractivity contribution < 1.29 is 19.8 Å². The van der Waals surface area contributed by atoms with Crippen LogP contribution in [0, 0.1) is 0 Å². The molecule has 12 heavy (non-hydrogen) atoms. The molecule has 1 aromatic rings. The Hall–Kier alpha value is -1.84. The smallest absolute Gasteiger partial charge is 0.229 e. The normalized spacial score (nSPS) is 9.33. The predicted molar refractivity (Wildman–Crippen MR) is 40.2 cm³/mol. The minimum absolute atomic E-state index is 0.0779. The molecule has 2 N–H and O–H groups in total. The van der Waals surface area contributed by atoms with E-state index >= 15 is 0 Å². The predicted octanol–water partition coefficient (Wildman–Crippen LogP) is 0.479. The van der Waals surface area contributed by atoms with Crippen molar-refractivity contribution >= 4 is 12.1 Å². The van der Waals surface area contributed by atoms with Crippen LogP contribution in [0.3, 0.4) is 0 Å². The molecule has 0 bridgehead atoms. The molecule has 0 fully saturated rings. The molecule has 0 aliphatic rings. The number of rotatable bonds is 2. The van der Waals surface area contributed by atoms with E-state index in [1.165, 1.54) is 6.07 Å². The van der Waals surface area contributed by atoms with Gasteiger partial charge in [0.1, 0.15) is 11.5 Å². The van der Waals surface area contributed by atoms with Crippen LogP contribution in [0.4, 0.5) is 0 Å². The molecule has 62 valence electrons. The third-order valence-corrected chi connectivity index (χ3v) is 1.35. The fourth-order valence-electron chi connectivity index (χ4n) is 0.785. The summed E-state index contributed by atoms with van der Waals surface area (Å²) >= 11 is 0. The van der Waals surface area contributed by atoms with Crippen molar-refractivity contribution in [3.8, 4) is 11.5 Å². The molecular formula is C8H6O4. The first-order valence-electron chi connectivity index (χ1n) is 3.16. The Balaban J connectivity index is 3.22. The molecule has 0 heterocycles. The van der Waals surface area contributed by atoms with E-state index in [1.807, 2.05) is 0 Å². The van der Waals surface area contributed by atoms with Crippen LogP contribution in [0.2, 0.25) is 0 Å². The maximum absolute atomic E-state index is 10.7. The lowest BCUT2D eigenvalue weighted by Gasteiger charge is -1.98. The van der Waals surface area contributed by atoms with Crippen molar-refractivity contribution in [2.45, 2.75) is 0 Å². The summed E-state index contributed by atoms with van der Waals surface area (Å²) in [5, 5.41) is 17.9. The van der Waals surface area contributed by atoms with Crippen molar-refractivity contribution in [3.63, 3.8) is 0 Å². The number of ketones is 1. The standard InChI is InChI=1S/C8H6O4/c9-4-8(12)6-3-5(10)1-2-7(6)11/h1-4,10-11H. The number of hydrogen-bond donors (Lipinski definition) is 2. The molecule has 0 atom stereocenters. The van der Waals surface area contributed by atoms with Gasteiger partial charge in [0.05, 0.1) is 5.56 Å². The third-order valence-electron chi connectivity index (χ3n) is 1.35. The van der Waals surface area contributed by atoms with Crippen LogP contribution < -0.4 is 0 Å². The minimum atomic E-state index is -0.858. The second-order valence-corrected chi connectivity index (χ2v) is 2.18. The third kappa shape index (κ3) is 1.42. The summed E-state index contributed by atoms with van der Waals surface area (Å²) in [6.07, 6.45) is 0.0779. The molecule has 0 aromatic heterocycles. The number of phenols is 2. The number of aromatic hydroxyl groups is 2. The van der Waals surface area contributed by atoms with Gasteiger partial charge in [-0.05, 0) is 18.2 Å². The number of phenolic OH excluding ortho intramolecular Hbond substituents is 2. The highest BCUT2D eigenvalue weighted by atomic mass is 16.3. The largest absolute Gasteiger partial charge is 0.508 e. The molecule has 4 nitrogen and oxygen atoms in total.